The highest BCUT2D eigenvalue weighted by atomic mass is 19.3. The van der Waals surface area contributed by atoms with Crippen molar-refractivity contribution in [3.05, 3.63) is 47.9 Å². The fourth-order valence-electron chi connectivity index (χ4n) is 4.68. The minimum Gasteiger partial charge on any atom is -0.365 e. The number of nitrogens with one attached hydrogen (secondary N) is 2. The number of rotatable bonds is 6. The van der Waals surface area contributed by atoms with E-state index in [2.05, 4.69) is 15.6 Å². The van der Waals surface area contributed by atoms with Crippen LogP contribution in [0.25, 0.3) is 10.9 Å². The van der Waals surface area contributed by atoms with E-state index in [0.29, 0.717) is 18.5 Å². The van der Waals surface area contributed by atoms with Crippen molar-refractivity contribution in [2.45, 2.75) is 37.3 Å². The average molecular weight is 461 g/mol. The fourth-order valence-corrected chi connectivity index (χ4v) is 4.68. The van der Waals surface area contributed by atoms with Crippen LogP contribution in [0, 0.1) is 5.82 Å². The number of nitrogens with two attached hydrogens (primary N) is 1. The van der Waals surface area contributed by atoms with E-state index in [1.807, 2.05) is 36.0 Å². The highest BCUT2D eigenvalue weighted by molar-refractivity contribution is 6.01. The van der Waals surface area contributed by atoms with Gasteiger partial charge in [0.1, 0.15) is 5.82 Å². The van der Waals surface area contributed by atoms with Gasteiger partial charge in [-0.3, -0.25) is 4.79 Å². The van der Waals surface area contributed by atoms with Gasteiger partial charge in [0.05, 0.1) is 17.6 Å². The van der Waals surface area contributed by atoms with Crippen LogP contribution in [0.3, 0.4) is 0 Å². The van der Waals surface area contributed by atoms with E-state index < -0.39 is 29.7 Å². The number of carbonyl (C=O) groups is 1. The summed E-state index contributed by atoms with van der Waals surface area (Å²) in [5.41, 5.74) is 6.96. The van der Waals surface area contributed by atoms with E-state index in [4.69, 9.17) is 5.73 Å². The van der Waals surface area contributed by atoms with Crippen LogP contribution in [-0.4, -0.2) is 47.6 Å². The molecule has 4 rings (SSSR count). The lowest BCUT2D eigenvalue weighted by molar-refractivity contribution is -0.0685. The van der Waals surface area contributed by atoms with Gasteiger partial charge >= 0.3 is 0 Å². The SMILES string of the molecule is CNC1C(N(C)c2nc(Nc3cccc4c3ccn4C)c(C(N)=O)cc2F)CCCC1(F)F. The van der Waals surface area contributed by atoms with E-state index in [1.165, 1.54) is 19.0 Å². The zero-order chi connectivity index (χ0) is 23.9. The molecule has 4 N–H and O–H groups in total. The molecular formula is C23H27F3N6O. The minimum atomic E-state index is -2.93. The van der Waals surface area contributed by atoms with Gasteiger partial charge in [-0.1, -0.05) is 6.07 Å². The summed E-state index contributed by atoms with van der Waals surface area (Å²) in [4.78, 5) is 17.8. The van der Waals surface area contributed by atoms with Crippen molar-refractivity contribution in [2.24, 2.45) is 12.8 Å². The molecule has 1 aliphatic carbocycles. The number of hydrogen-bond acceptors (Lipinski definition) is 5. The van der Waals surface area contributed by atoms with E-state index in [1.54, 1.807) is 6.07 Å². The maximum absolute atomic E-state index is 15.1. The van der Waals surface area contributed by atoms with E-state index in [9.17, 15) is 13.6 Å². The minimum absolute atomic E-state index is 0.0608. The summed E-state index contributed by atoms with van der Waals surface area (Å²) in [5, 5.41) is 6.66. The number of amides is 1. The number of primary amides is 1. The molecule has 1 aromatic carbocycles. The molecule has 10 heteroatoms. The summed E-state index contributed by atoms with van der Waals surface area (Å²) in [5.74, 6) is -4.66. The first-order chi connectivity index (χ1) is 15.6. The summed E-state index contributed by atoms with van der Waals surface area (Å²) in [6.07, 6.45) is 2.42. The van der Waals surface area contributed by atoms with Gasteiger partial charge in [0.15, 0.2) is 11.6 Å². The molecule has 2 unspecified atom stereocenters. The number of carbonyl (C=O) groups excluding carboxylic acids is 1. The Morgan fingerprint density at radius 3 is 2.79 bits per heavy atom. The predicted molar refractivity (Wildman–Crippen MR) is 123 cm³/mol. The van der Waals surface area contributed by atoms with Gasteiger partial charge in [-0.15, -0.1) is 0 Å². The molecule has 0 spiro atoms. The Kier molecular flexibility index (Phi) is 5.96. The Morgan fingerprint density at radius 1 is 1.33 bits per heavy atom. The first kappa shape index (κ1) is 22.9. The first-order valence-electron chi connectivity index (χ1n) is 10.7. The van der Waals surface area contributed by atoms with Crippen LogP contribution >= 0.6 is 0 Å². The zero-order valence-corrected chi connectivity index (χ0v) is 18.7. The Labute approximate surface area is 189 Å². The molecule has 2 aromatic heterocycles. The molecule has 1 fully saturated rings. The highest BCUT2D eigenvalue weighted by Crippen LogP contribution is 2.38. The Bertz CT molecular complexity index is 1190. The maximum Gasteiger partial charge on any atom is 0.265 e. The van der Waals surface area contributed by atoms with Crippen LogP contribution in [-0.2, 0) is 7.05 Å². The quantitative estimate of drug-likeness (QED) is 0.521. The van der Waals surface area contributed by atoms with Gasteiger partial charge < -0.3 is 25.8 Å². The zero-order valence-electron chi connectivity index (χ0n) is 18.7. The van der Waals surface area contributed by atoms with Crippen molar-refractivity contribution in [1.29, 1.82) is 0 Å². The van der Waals surface area contributed by atoms with E-state index in [-0.39, 0.29) is 23.6 Å². The second-order valence-corrected chi connectivity index (χ2v) is 8.44. The summed E-state index contributed by atoms with van der Waals surface area (Å²) < 4.78 is 46.0. The topological polar surface area (TPSA) is 88.2 Å². The van der Waals surface area contributed by atoms with Crippen LogP contribution in [0.1, 0.15) is 29.6 Å². The molecule has 0 bridgehead atoms. The van der Waals surface area contributed by atoms with Gasteiger partial charge in [0, 0.05) is 43.3 Å². The molecule has 0 radical (unpaired) electrons. The molecule has 0 saturated heterocycles. The van der Waals surface area contributed by atoms with Crippen LogP contribution < -0.4 is 21.3 Å². The normalized spacial score (nSPS) is 20.1. The molecular weight excluding hydrogens is 433 g/mol. The molecule has 0 aliphatic heterocycles. The van der Waals surface area contributed by atoms with Crippen molar-refractivity contribution in [3.8, 4) is 0 Å². The van der Waals surface area contributed by atoms with Gasteiger partial charge in [-0.2, -0.15) is 0 Å². The summed E-state index contributed by atoms with van der Waals surface area (Å²) in [6, 6.07) is 6.64. The van der Waals surface area contributed by atoms with E-state index >= 15 is 4.39 Å². The fraction of sp³-hybridized carbons (Fsp3) is 0.391. The Morgan fingerprint density at radius 2 is 2.09 bits per heavy atom. The molecule has 2 heterocycles. The van der Waals surface area contributed by atoms with Crippen LogP contribution in [0.4, 0.5) is 30.5 Å². The number of halogens is 3. The van der Waals surface area contributed by atoms with Crippen LogP contribution in [0.5, 0.6) is 0 Å². The third-order valence-electron chi connectivity index (χ3n) is 6.40. The second kappa shape index (κ2) is 8.58. The maximum atomic E-state index is 15.1. The number of alkyl halides is 2. The van der Waals surface area contributed by atoms with Gasteiger partial charge in [-0.25, -0.2) is 18.2 Å². The number of pyridine rings is 1. The monoisotopic (exact) mass is 460 g/mol. The number of nitrogens with zero attached hydrogens (tertiary/aromatic N) is 3. The van der Waals surface area contributed by atoms with E-state index in [0.717, 1.165) is 17.0 Å². The van der Waals surface area contributed by atoms with Crippen molar-refractivity contribution in [1.82, 2.24) is 14.9 Å². The number of aryl methyl sites for hydroxylation is 1. The lowest BCUT2D eigenvalue weighted by atomic mass is 9.86. The number of hydrogen-bond donors (Lipinski definition) is 3. The number of fused-ring (bicyclic) bond motifs is 1. The third kappa shape index (κ3) is 4.10. The molecule has 33 heavy (non-hydrogen) atoms. The average Bonchev–Trinajstić information content (AvgIpc) is 3.15. The largest absolute Gasteiger partial charge is 0.365 e. The lowest BCUT2D eigenvalue weighted by Gasteiger charge is -2.42. The molecule has 176 valence electrons. The van der Waals surface area contributed by atoms with Crippen LogP contribution in [0.2, 0.25) is 0 Å². The highest BCUT2D eigenvalue weighted by Gasteiger charge is 2.48. The van der Waals surface area contributed by atoms with Crippen molar-refractivity contribution < 1.29 is 18.0 Å². The molecule has 1 aliphatic rings. The predicted octanol–water partition coefficient (Wildman–Crippen LogP) is 3.77. The molecule has 1 amide bonds. The number of aromatic nitrogens is 2. The third-order valence-corrected chi connectivity index (χ3v) is 6.40. The number of anilines is 3. The molecule has 1 saturated carbocycles. The van der Waals surface area contributed by atoms with Crippen molar-refractivity contribution >= 4 is 34.1 Å². The Hall–Kier alpha value is -3.27. The summed E-state index contributed by atoms with van der Waals surface area (Å²) in [6.45, 7) is 0. The van der Waals surface area contributed by atoms with Crippen molar-refractivity contribution in [2.75, 3.05) is 24.3 Å². The second-order valence-electron chi connectivity index (χ2n) is 8.44. The number of likely N-dealkylation sites (N-methyl/N-ethyl adjacent to an activating group) is 2. The molecule has 3 aromatic rings. The summed E-state index contributed by atoms with van der Waals surface area (Å²) in [7, 11) is 4.91. The standard InChI is InChI=1S/C23H27F3N6O/c1-28-19-18(8-5-10-23(19,25)26)32(3)22-15(24)12-14(20(27)33)21(30-22)29-16-6-4-7-17-13(16)9-11-31(17)2/h4,6-7,9,11-12,18-19,28H,5,8,10H2,1-3H3,(H2,27,33)(H,29,30). The number of benzene rings is 1. The van der Waals surface area contributed by atoms with Gasteiger partial charge in [-0.05, 0) is 44.2 Å². The molecule has 7 nitrogen and oxygen atoms in total. The van der Waals surface area contributed by atoms with Crippen LogP contribution in [0.15, 0.2) is 36.5 Å². The molecule has 2 atom stereocenters. The lowest BCUT2D eigenvalue weighted by Crippen LogP contribution is -2.59. The van der Waals surface area contributed by atoms with Gasteiger partial charge in [0.25, 0.3) is 11.8 Å². The summed E-state index contributed by atoms with van der Waals surface area (Å²) >= 11 is 0. The first-order valence-corrected chi connectivity index (χ1v) is 10.7. The smallest absolute Gasteiger partial charge is 0.265 e. The van der Waals surface area contributed by atoms with Gasteiger partial charge in [0.2, 0.25) is 0 Å². The Balaban J connectivity index is 1.76. The van der Waals surface area contributed by atoms with Crippen molar-refractivity contribution in [3.63, 3.8) is 0 Å².